The van der Waals surface area contributed by atoms with E-state index in [4.69, 9.17) is 16.3 Å². The van der Waals surface area contributed by atoms with Crippen LogP contribution < -0.4 is 0 Å². The SMILES string of the molecule is O=CC1(Cl)CCCO1. The lowest BCUT2D eigenvalue weighted by atomic mass is 10.2. The third-order valence-corrected chi connectivity index (χ3v) is 1.57. The number of hydrogen-bond donors (Lipinski definition) is 0. The molecule has 1 aliphatic heterocycles. The Morgan fingerprint density at radius 2 is 2.50 bits per heavy atom. The molecule has 1 saturated heterocycles. The van der Waals surface area contributed by atoms with E-state index in [1.54, 1.807) is 0 Å². The molecule has 46 valence electrons. The van der Waals surface area contributed by atoms with Crippen LogP contribution in [0.2, 0.25) is 0 Å². The fourth-order valence-corrected chi connectivity index (χ4v) is 0.931. The predicted octanol–water partition coefficient (Wildman–Crippen LogP) is 0.931. The smallest absolute Gasteiger partial charge is 0.197 e. The van der Waals surface area contributed by atoms with E-state index in [-0.39, 0.29) is 0 Å². The molecular weight excluding hydrogens is 128 g/mol. The van der Waals surface area contributed by atoms with Gasteiger partial charge in [0.1, 0.15) is 0 Å². The Bertz CT molecular complexity index is 96.6. The summed E-state index contributed by atoms with van der Waals surface area (Å²) in [5, 5.41) is -0.972. The molecule has 0 N–H and O–H groups in total. The Labute approximate surface area is 52.8 Å². The summed E-state index contributed by atoms with van der Waals surface area (Å²) in [6.07, 6.45) is 2.20. The molecule has 0 radical (unpaired) electrons. The van der Waals surface area contributed by atoms with Gasteiger partial charge < -0.3 is 4.74 Å². The average molecular weight is 135 g/mol. The van der Waals surface area contributed by atoms with Crippen LogP contribution in [0.3, 0.4) is 0 Å². The Morgan fingerprint density at radius 1 is 1.75 bits per heavy atom. The van der Waals surface area contributed by atoms with Gasteiger partial charge in [0.25, 0.3) is 0 Å². The number of alkyl halides is 1. The van der Waals surface area contributed by atoms with Crippen LogP contribution in [0.25, 0.3) is 0 Å². The van der Waals surface area contributed by atoms with Crippen LogP contribution in [0.5, 0.6) is 0 Å². The lowest BCUT2D eigenvalue weighted by Crippen LogP contribution is -2.20. The van der Waals surface area contributed by atoms with Gasteiger partial charge in [-0.05, 0) is 12.8 Å². The van der Waals surface area contributed by atoms with Crippen molar-refractivity contribution in [3.63, 3.8) is 0 Å². The van der Waals surface area contributed by atoms with Crippen molar-refractivity contribution < 1.29 is 9.53 Å². The van der Waals surface area contributed by atoms with Crippen LogP contribution in [-0.4, -0.2) is 18.0 Å². The van der Waals surface area contributed by atoms with Crippen molar-refractivity contribution in [2.75, 3.05) is 6.61 Å². The van der Waals surface area contributed by atoms with Crippen molar-refractivity contribution in [3.05, 3.63) is 0 Å². The maximum Gasteiger partial charge on any atom is 0.197 e. The van der Waals surface area contributed by atoms with Crippen LogP contribution in [-0.2, 0) is 9.53 Å². The Morgan fingerprint density at radius 3 is 2.75 bits per heavy atom. The quantitative estimate of drug-likeness (QED) is 0.394. The lowest BCUT2D eigenvalue weighted by Gasteiger charge is -2.09. The van der Waals surface area contributed by atoms with Crippen LogP contribution in [0.4, 0.5) is 0 Å². The highest BCUT2D eigenvalue weighted by molar-refractivity contribution is 6.30. The molecule has 0 aromatic heterocycles. The number of hydrogen-bond acceptors (Lipinski definition) is 2. The van der Waals surface area contributed by atoms with Crippen molar-refractivity contribution in [1.82, 2.24) is 0 Å². The second-order valence-electron chi connectivity index (χ2n) is 1.86. The molecule has 1 aliphatic rings. The molecule has 2 nitrogen and oxygen atoms in total. The normalized spacial score (nSPS) is 37.6. The zero-order chi connectivity index (χ0) is 6.04. The molecule has 1 heterocycles. The van der Waals surface area contributed by atoms with Gasteiger partial charge in [0.2, 0.25) is 0 Å². The summed E-state index contributed by atoms with van der Waals surface area (Å²) in [6.45, 7) is 0.613. The highest BCUT2D eigenvalue weighted by atomic mass is 35.5. The summed E-state index contributed by atoms with van der Waals surface area (Å²) in [7, 11) is 0. The average Bonchev–Trinajstić information content (AvgIpc) is 2.17. The van der Waals surface area contributed by atoms with Crippen molar-refractivity contribution in [2.24, 2.45) is 0 Å². The monoisotopic (exact) mass is 134 g/mol. The highest BCUT2D eigenvalue weighted by Crippen LogP contribution is 2.26. The second kappa shape index (κ2) is 2.03. The number of carbonyl (C=O) groups is 1. The van der Waals surface area contributed by atoms with E-state index in [1.165, 1.54) is 0 Å². The molecule has 0 amide bonds. The third kappa shape index (κ3) is 1.01. The second-order valence-corrected chi connectivity index (χ2v) is 2.50. The molecule has 0 spiro atoms. The summed E-state index contributed by atoms with van der Waals surface area (Å²) in [5.41, 5.74) is 0. The van der Waals surface area contributed by atoms with Gasteiger partial charge in [0.15, 0.2) is 11.3 Å². The first-order chi connectivity index (χ1) is 3.77. The summed E-state index contributed by atoms with van der Waals surface area (Å²) < 4.78 is 4.89. The first-order valence-electron chi connectivity index (χ1n) is 2.56. The van der Waals surface area contributed by atoms with Gasteiger partial charge in [-0.2, -0.15) is 0 Å². The Balaban J connectivity index is 2.52. The van der Waals surface area contributed by atoms with Crippen molar-refractivity contribution >= 4 is 17.9 Å². The van der Waals surface area contributed by atoms with Crippen molar-refractivity contribution in [3.8, 4) is 0 Å². The summed E-state index contributed by atoms with van der Waals surface area (Å²) in [4.78, 5) is 10.1. The van der Waals surface area contributed by atoms with E-state index in [1.807, 2.05) is 0 Å². The largest absolute Gasteiger partial charge is 0.353 e. The maximum atomic E-state index is 10.1. The molecule has 1 unspecified atom stereocenters. The number of halogens is 1. The molecule has 0 aromatic rings. The molecular formula is C5H7ClO2. The fraction of sp³-hybridized carbons (Fsp3) is 0.800. The van der Waals surface area contributed by atoms with Crippen LogP contribution in [0.1, 0.15) is 12.8 Å². The molecule has 1 atom stereocenters. The topological polar surface area (TPSA) is 26.3 Å². The van der Waals surface area contributed by atoms with Gasteiger partial charge in [-0.15, -0.1) is 0 Å². The van der Waals surface area contributed by atoms with Crippen molar-refractivity contribution in [1.29, 1.82) is 0 Å². The van der Waals surface area contributed by atoms with E-state index < -0.39 is 5.06 Å². The van der Waals surface area contributed by atoms with Gasteiger partial charge in [-0.25, -0.2) is 0 Å². The summed E-state index contributed by atoms with van der Waals surface area (Å²) >= 11 is 5.56. The molecule has 1 fully saturated rings. The first kappa shape index (κ1) is 6.05. The molecule has 0 aliphatic carbocycles. The summed E-state index contributed by atoms with van der Waals surface area (Å²) in [6, 6.07) is 0. The van der Waals surface area contributed by atoms with Gasteiger partial charge in [-0.3, -0.25) is 4.79 Å². The molecule has 3 heteroatoms. The molecule has 8 heavy (non-hydrogen) atoms. The molecule has 0 bridgehead atoms. The molecule has 1 rings (SSSR count). The minimum atomic E-state index is -0.972. The van der Waals surface area contributed by atoms with E-state index in [0.29, 0.717) is 19.3 Å². The van der Waals surface area contributed by atoms with Gasteiger partial charge >= 0.3 is 0 Å². The minimum Gasteiger partial charge on any atom is -0.353 e. The fourth-order valence-electron chi connectivity index (χ4n) is 0.720. The van der Waals surface area contributed by atoms with E-state index >= 15 is 0 Å². The number of carbonyl (C=O) groups excluding carboxylic acids is 1. The van der Waals surface area contributed by atoms with Crippen LogP contribution >= 0.6 is 11.6 Å². The maximum absolute atomic E-state index is 10.1. The predicted molar refractivity (Wildman–Crippen MR) is 29.8 cm³/mol. The molecule has 0 saturated carbocycles. The van der Waals surface area contributed by atoms with E-state index in [9.17, 15) is 4.79 Å². The van der Waals surface area contributed by atoms with Gasteiger partial charge in [0.05, 0.1) is 0 Å². The van der Waals surface area contributed by atoms with Gasteiger partial charge in [0, 0.05) is 6.61 Å². The zero-order valence-corrected chi connectivity index (χ0v) is 5.15. The third-order valence-electron chi connectivity index (χ3n) is 1.18. The number of ether oxygens (including phenoxy) is 1. The van der Waals surface area contributed by atoms with Crippen LogP contribution in [0, 0.1) is 0 Å². The minimum absolute atomic E-state index is 0.613. The Hall–Kier alpha value is -0.0800. The first-order valence-corrected chi connectivity index (χ1v) is 2.94. The Kier molecular flexibility index (Phi) is 1.54. The van der Waals surface area contributed by atoms with Crippen molar-refractivity contribution in [2.45, 2.75) is 17.9 Å². The van der Waals surface area contributed by atoms with Crippen LogP contribution in [0.15, 0.2) is 0 Å². The van der Waals surface area contributed by atoms with Gasteiger partial charge in [-0.1, -0.05) is 11.6 Å². The van der Waals surface area contributed by atoms with E-state index in [0.717, 1.165) is 6.42 Å². The standard InChI is InChI=1S/C5H7ClO2/c6-5(4-7)2-1-3-8-5/h4H,1-3H2. The highest BCUT2D eigenvalue weighted by Gasteiger charge is 2.31. The lowest BCUT2D eigenvalue weighted by molar-refractivity contribution is -0.118. The number of aldehydes is 1. The zero-order valence-electron chi connectivity index (χ0n) is 4.39. The summed E-state index contributed by atoms with van der Waals surface area (Å²) in [5.74, 6) is 0. The van der Waals surface area contributed by atoms with E-state index in [2.05, 4.69) is 0 Å². The number of rotatable bonds is 1. The molecule has 0 aromatic carbocycles.